The van der Waals surface area contributed by atoms with Crippen LogP contribution in [0.2, 0.25) is 0 Å². The number of aliphatic imine (C=N–C) groups is 1. The Morgan fingerprint density at radius 2 is 1.75 bits per heavy atom. The minimum atomic E-state index is 0. The van der Waals surface area contributed by atoms with E-state index in [2.05, 4.69) is 73.3 Å². The summed E-state index contributed by atoms with van der Waals surface area (Å²) < 4.78 is 0. The number of nitrogens with zero attached hydrogens (tertiary/aromatic N) is 3. The van der Waals surface area contributed by atoms with Crippen molar-refractivity contribution < 1.29 is 0 Å². The molecule has 1 aliphatic rings. The van der Waals surface area contributed by atoms with E-state index in [0.29, 0.717) is 0 Å². The number of hydrogen-bond donors (Lipinski definition) is 2. The second-order valence-electron chi connectivity index (χ2n) is 6.77. The average Bonchev–Trinajstić information content (AvgIpc) is 3.24. The van der Waals surface area contributed by atoms with Crippen LogP contribution in [0.15, 0.2) is 52.8 Å². The quantitative estimate of drug-likeness (QED) is 0.246. The summed E-state index contributed by atoms with van der Waals surface area (Å²) in [6.07, 6.45) is 2.18. The molecule has 2 N–H and O–H groups in total. The molecular weight excluding hydrogens is 481 g/mol. The fourth-order valence-corrected chi connectivity index (χ4v) is 4.07. The zero-order valence-electron chi connectivity index (χ0n) is 16.6. The van der Waals surface area contributed by atoms with Crippen molar-refractivity contribution in [3.05, 3.63) is 52.7 Å². The van der Waals surface area contributed by atoms with E-state index in [1.165, 1.54) is 10.6 Å². The molecule has 0 spiro atoms. The Morgan fingerprint density at radius 3 is 2.43 bits per heavy atom. The van der Waals surface area contributed by atoms with E-state index in [9.17, 15) is 0 Å². The lowest BCUT2D eigenvalue weighted by Crippen LogP contribution is -2.47. The van der Waals surface area contributed by atoms with E-state index in [-0.39, 0.29) is 24.0 Å². The maximum absolute atomic E-state index is 4.31. The molecule has 1 aliphatic heterocycles. The summed E-state index contributed by atoms with van der Waals surface area (Å²) in [5.74, 6) is 0.903. The van der Waals surface area contributed by atoms with Gasteiger partial charge in [-0.15, -0.1) is 35.3 Å². The highest BCUT2D eigenvalue weighted by atomic mass is 127. The SMILES string of the molecule is CN=C(NCCCN1CCN(c2ccccc2)CC1)NCCc1cccs1.I. The summed E-state index contributed by atoms with van der Waals surface area (Å²) in [7, 11) is 1.84. The Balaban J connectivity index is 0.00000280. The molecule has 2 aromatic rings. The molecule has 0 bridgehead atoms. The van der Waals surface area contributed by atoms with Crippen LogP contribution in [0.1, 0.15) is 11.3 Å². The molecular formula is C21H32IN5S. The number of nitrogens with one attached hydrogen (secondary N) is 2. The van der Waals surface area contributed by atoms with E-state index in [1.807, 2.05) is 18.4 Å². The molecule has 7 heteroatoms. The van der Waals surface area contributed by atoms with Crippen LogP contribution in [0.3, 0.4) is 0 Å². The van der Waals surface area contributed by atoms with Gasteiger partial charge >= 0.3 is 0 Å². The lowest BCUT2D eigenvalue weighted by Gasteiger charge is -2.36. The number of guanidine groups is 1. The van der Waals surface area contributed by atoms with Gasteiger partial charge in [0.25, 0.3) is 0 Å². The van der Waals surface area contributed by atoms with Crippen molar-refractivity contribution in [3.63, 3.8) is 0 Å². The van der Waals surface area contributed by atoms with Crippen molar-refractivity contribution in [1.29, 1.82) is 0 Å². The Morgan fingerprint density at radius 1 is 1.00 bits per heavy atom. The highest BCUT2D eigenvalue weighted by molar-refractivity contribution is 14.0. The van der Waals surface area contributed by atoms with E-state index >= 15 is 0 Å². The Hall–Kier alpha value is -1.32. The summed E-state index contributed by atoms with van der Waals surface area (Å²) in [5.41, 5.74) is 1.34. The monoisotopic (exact) mass is 513 g/mol. The normalized spacial score (nSPS) is 15.2. The molecule has 2 heterocycles. The fraction of sp³-hybridized carbons (Fsp3) is 0.476. The second kappa shape index (κ2) is 13.0. The molecule has 1 saturated heterocycles. The Labute approximate surface area is 190 Å². The molecule has 1 fully saturated rings. The van der Waals surface area contributed by atoms with Gasteiger partial charge < -0.3 is 15.5 Å². The van der Waals surface area contributed by atoms with Gasteiger partial charge in [-0.05, 0) is 43.0 Å². The summed E-state index contributed by atoms with van der Waals surface area (Å²) in [4.78, 5) is 10.8. The largest absolute Gasteiger partial charge is 0.369 e. The van der Waals surface area contributed by atoms with Gasteiger partial charge in [0.15, 0.2) is 5.96 Å². The van der Waals surface area contributed by atoms with Crippen LogP contribution < -0.4 is 15.5 Å². The first-order valence-corrected chi connectivity index (χ1v) is 10.7. The van der Waals surface area contributed by atoms with E-state index in [1.54, 1.807) is 0 Å². The number of anilines is 1. The first-order valence-electron chi connectivity index (χ1n) is 9.84. The average molecular weight is 513 g/mol. The third kappa shape index (κ3) is 7.60. The summed E-state index contributed by atoms with van der Waals surface area (Å²) in [5, 5.41) is 8.95. The number of para-hydroxylation sites is 1. The lowest BCUT2D eigenvalue weighted by molar-refractivity contribution is 0.255. The second-order valence-corrected chi connectivity index (χ2v) is 7.81. The van der Waals surface area contributed by atoms with Crippen LogP contribution in [0.4, 0.5) is 5.69 Å². The van der Waals surface area contributed by atoms with Crippen LogP contribution in [0.25, 0.3) is 0 Å². The van der Waals surface area contributed by atoms with Crippen molar-refractivity contribution in [3.8, 4) is 0 Å². The smallest absolute Gasteiger partial charge is 0.190 e. The number of thiophene rings is 1. The van der Waals surface area contributed by atoms with Gasteiger partial charge in [0, 0.05) is 56.9 Å². The van der Waals surface area contributed by atoms with Crippen LogP contribution in [0, 0.1) is 0 Å². The minimum Gasteiger partial charge on any atom is -0.369 e. The van der Waals surface area contributed by atoms with Gasteiger partial charge in [-0.25, -0.2) is 0 Å². The lowest BCUT2D eigenvalue weighted by atomic mass is 10.2. The number of piperazine rings is 1. The van der Waals surface area contributed by atoms with Crippen molar-refractivity contribution >= 4 is 47.0 Å². The fourth-order valence-electron chi connectivity index (χ4n) is 3.36. The standard InChI is InChI=1S/C21H31N5S.HI/c1-22-21(24-12-10-20-9-5-18-27-20)23-11-6-13-25-14-16-26(17-15-25)19-7-3-2-4-8-19;/h2-5,7-9,18H,6,10-17H2,1H3,(H2,22,23,24);1H. The Kier molecular flexibility index (Phi) is 10.7. The molecule has 28 heavy (non-hydrogen) atoms. The summed E-state index contributed by atoms with van der Waals surface area (Å²) >= 11 is 1.81. The van der Waals surface area contributed by atoms with Crippen LogP contribution >= 0.6 is 35.3 Å². The highest BCUT2D eigenvalue weighted by Gasteiger charge is 2.16. The molecule has 3 rings (SSSR count). The van der Waals surface area contributed by atoms with E-state index in [4.69, 9.17) is 0 Å². The molecule has 0 saturated carbocycles. The maximum Gasteiger partial charge on any atom is 0.190 e. The van der Waals surface area contributed by atoms with Crippen molar-refractivity contribution in [2.75, 3.05) is 57.8 Å². The van der Waals surface area contributed by atoms with Gasteiger partial charge in [-0.3, -0.25) is 9.89 Å². The molecule has 0 aliphatic carbocycles. The third-order valence-electron chi connectivity index (χ3n) is 4.90. The zero-order valence-corrected chi connectivity index (χ0v) is 19.8. The molecule has 0 amide bonds. The van der Waals surface area contributed by atoms with Gasteiger partial charge in [-0.2, -0.15) is 0 Å². The first-order chi connectivity index (χ1) is 13.3. The van der Waals surface area contributed by atoms with Gasteiger partial charge in [0.1, 0.15) is 0 Å². The van der Waals surface area contributed by atoms with Crippen molar-refractivity contribution in [2.24, 2.45) is 4.99 Å². The van der Waals surface area contributed by atoms with Gasteiger partial charge in [0.2, 0.25) is 0 Å². The van der Waals surface area contributed by atoms with Crippen LogP contribution in [0.5, 0.6) is 0 Å². The predicted octanol–water partition coefficient (Wildman–Crippen LogP) is 3.29. The molecule has 0 unspecified atom stereocenters. The topological polar surface area (TPSA) is 42.9 Å². The highest BCUT2D eigenvalue weighted by Crippen LogP contribution is 2.15. The van der Waals surface area contributed by atoms with E-state index < -0.39 is 0 Å². The number of rotatable bonds is 8. The summed E-state index contributed by atoms with van der Waals surface area (Å²) in [6.45, 7) is 7.53. The minimum absolute atomic E-state index is 0. The number of benzene rings is 1. The van der Waals surface area contributed by atoms with Crippen LogP contribution in [-0.2, 0) is 6.42 Å². The molecule has 0 atom stereocenters. The molecule has 5 nitrogen and oxygen atoms in total. The third-order valence-corrected chi connectivity index (χ3v) is 5.84. The van der Waals surface area contributed by atoms with E-state index in [0.717, 1.165) is 64.6 Å². The molecule has 0 radical (unpaired) electrons. The maximum atomic E-state index is 4.31. The van der Waals surface area contributed by atoms with Gasteiger partial charge in [0.05, 0.1) is 0 Å². The molecule has 154 valence electrons. The van der Waals surface area contributed by atoms with Gasteiger partial charge in [-0.1, -0.05) is 24.3 Å². The van der Waals surface area contributed by atoms with Crippen LogP contribution in [-0.4, -0.2) is 63.7 Å². The molecule has 1 aromatic heterocycles. The predicted molar refractivity (Wildman–Crippen MR) is 133 cm³/mol. The molecule has 1 aromatic carbocycles. The summed E-state index contributed by atoms with van der Waals surface area (Å²) in [6, 6.07) is 15.0. The Bertz CT molecular complexity index is 669. The van der Waals surface area contributed by atoms with Crippen molar-refractivity contribution in [2.45, 2.75) is 12.8 Å². The zero-order chi connectivity index (χ0) is 18.7. The number of halogens is 1. The van der Waals surface area contributed by atoms with Crippen molar-refractivity contribution in [1.82, 2.24) is 15.5 Å². The number of hydrogen-bond acceptors (Lipinski definition) is 4. The first kappa shape index (κ1) is 23.0.